The van der Waals surface area contributed by atoms with Crippen molar-refractivity contribution >= 4 is 5.91 Å². The SMILES string of the molecule is C[C@@](O)(CC(=O)N[C@@H]1CCCc2ccccc21)C(F)(F)F. The maximum Gasteiger partial charge on any atom is 0.417 e. The molecule has 1 aliphatic rings. The van der Waals surface area contributed by atoms with Gasteiger partial charge in [-0.05, 0) is 37.3 Å². The molecule has 6 heteroatoms. The highest BCUT2D eigenvalue weighted by Crippen LogP contribution is 2.34. The predicted molar refractivity (Wildman–Crippen MR) is 71.6 cm³/mol. The zero-order chi connectivity index (χ0) is 15.7. The molecule has 116 valence electrons. The summed E-state index contributed by atoms with van der Waals surface area (Å²) in [6.45, 7) is 0.612. The van der Waals surface area contributed by atoms with Crippen LogP contribution in [0, 0.1) is 0 Å². The molecule has 2 N–H and O–H groups in total. The molecule has 0 saturated heterocycles. The lowest BCUT2D eigenvalue weighted by atomic mass is 9.87. The number of alkyl halides is 3. The lowest BCUT2D eigenvalue weighted by Gasteiger charge is -2.29. The van der Waals surface area contributed by atoms with E-state index >= 15 is 0 Å². The third-order valence-electron chi connectivity index (χ3n) is 3.82. The number of amides is 1. The molecular weight excluding hydrogens is 283 g/mol. The van der Waals surface area contributed by atoms with Gasteiger partial charge in [0.15, 0.2) is 5.60 Å². The van der Waals surface area contributed by atoms with Crippen LogP contribution in [0.4, 0.5) is 13.2 Å². The Morgan fingerprint density at radius 3 is 2.71 bits per heavy atom. The maximum atomic E-state index is 12.6. The Kier molecular flexibility index (Phi) is 4.27. The summed E-state index contributed by atoms with van der Waals surface area (Å²) in [6.07, 6.45) is -3.35. The second-order valence-electron chi connectivity index (χ2n) is 5.66. The maximum absolute atomic E-state index is 12.6. The van der Waals surface area contributed by atoms with E-state index in [0.29, 0.717) is 13.3 Å². The van der Waals surface area contributed by atoms with E-state index in [2.05, 4.69) is 5.32 Å². The minimum absolute atomic E-state index is 0.286. The van der Waals surface area contributed by atoms with Crippen LogP contribution >= 0.6 is 0 Å². The summed E-state index contributed by atoms with van der Waals surface area (Å²) < 4.78 is 37.7. The number of halogens is 3. The third kappa shape index (κ3) is 3.56. The average Bonchev–Trinajstić information content (AvgIpc) is 2.37. The first-order valence-corrected chi connectivity index (χ1v) is 6.87. The van der Waals surface area contributed by atoms with Crippen molar-refractivity contribution < 1.29 is 23.1 Å². The largest absolute Gasteiger partial charge is 0.417 e. The van der Waals surface area contributed by atoms with Gasteiger partial charge in [0.05, 0.1) is 12.5 Å². The molecule has 0 spiro atoms. The molecule has 2 atom stereocenters. The molecule has 1 aliphatic carbocycles. The number of hydrogen-bond acceptors (Lipinski definition) is 2. The molecule has 2 rings (SSSR count). The quantitative estimate of drug-likeness (QED) is 0.902. The van der Waals surface area contributed by atoms with Gasteiger partial charge >= 0.3 is 6.18 Å². The Bertz CT molecular complexity index is 526. The van der Waals surface area contributed by atoms with Gasteiger partial charge in [0, 0.05) is 0 Å². The minimum Gasteiger partial charge on any atom is -0.380 e. The number of fused-ring (bicyclic) bond motifs is 1. The van der Waals surface area contributed by atoms with Crippen molar-refractivity contribution in [3.05, 3.63) is 35.4 Å². The van der Waals surface area contributed by atoms with E-state index in [9.17, 15) is 23.1 Å². The highest BCUT2D eigenvalue weighted by molar-refractivity contribution is 5.77. The first-order chi connectivity index (χ1) is 9.71. The van der Waals surface area contributed by atoms with Gasteiger partial charge < -0.3 is 10.4 Å². The Morgan fingerprint density at radius 2 is 2.05 bits per heavy atom. The summed E-state index contributed by atoms with van der Waals surface area (Å²) in [4.78, 5) is 11.8. The van der Waals surface area contributed by atoms with Gasteiger partial charge in [-0.1, -0.05) is 24.3 Å². The Labute approximate surface area is 121 Å². The van der Waals surface area contributed by atoms with Crippen molar-refractivity contribution in [3.8, 4) is 0 Å². The molecule has 0 fully saturated rings. The van der Waals surface area contributed by atoms with Gasteiger partial charge in [0.25, 0.3) is 0 Å². The van der Waals surface area contributed by atoms with Crippen LogP contribution in [0.5, 0.6) is 0 Å². The standard InChI is InChI=1S/C15H18F3NO2/c1-14(21,15(16,17)18)9-13(20)19-12-8-4-6-10-5-2-3-7-11(10)12/h2-3,5,7,12,21H,4,6,8-9H2,1H3,(H,19,20)/t12-,14-/m1/s1. The van der Waals surface area contributed by atoms with E-state index in [1.54, 1.807) is 0 Å². The van der Waals surface area contributed by atoms with Crippen molar-refractivity contribution in [2.45, 2.75) is 50.4 Å². The van der Waals surface area contributed by atoms with Gasteiger partial charge in [-0.25, -0.2) is 0 Å². The minimum atomic E-state index is -4.82. The number of aryl methyl sites for hydroxylation is 1. The van der Waals surface area contributed by atoms with Gasteiger partial charge in [-0.3, -0.25) is 4.79 Å². The van der Waals surface area contributed by atoms with E-state index in [4.69, 9.17) is 0 Å². The first kappa shape index (κ1) is 15.8. The van der Waals surface area contributed by atoms with Gasteiger partial charge in [-0.15, -0.1) is 0 Å². The summed E-state index contributed by atoms with van der Waals surface area (Å²) in [6, 6.07) is 7.29. The van der Waals surface area contributed by atoms with E-state index in [1.807, 2.05) is 24.3 Å². The Hall–Kier alpha value is -1.56. The predicted octanol–water partition coefficient (Wildman–Crippen LogP) is 2.88. The zero-order valence-corrected chi connectivity index (χ0v) is 11.7. The fourth-order valence-electron chi connectivity index (χ4n) is 2.56. The fraction of sp³-hybridized carbons (Fsp3) is 0.533. The van der Waals surface area contributed by atoms with Crippen molar-refractivity contribution in [2.24, 2.45) is 0 Å². The van der Waals surface area contributed by atoms with Crippen molar-refractivity contribution in [3.63, 3.8) is 0 Å². The van der Waals surface area contributed by atoms with Crippen LogP contribution < -0.4 is 5.32 Å². The van der Waals surface area contributed by atoms with E-state index in [0.717, 1.165) is 24.0 Å². The van der Waals surface area contributed by atoms with Crippen molar-refractivity contribution in [1.29, 1.82) is 0 Å². The van der Waals surface area contributed by atoms with Crippen LogP contribution in [-0.2, 0) is 11.2 Å². The van der Waals surface area contributed by atoms with Crippen LogP contribution in [-0.4, -0.2) is 22.8 Å². The molecule has 0 unspecified atom stereocenters. The molecule has 3 nitrogen and oxygen atoms in total. The number of nitrogens with one attached hydrogen (secondary N) is 1. The number of aliphatic hydroxyl groups is 1. The van der Waals surface area contributed by atoms with Gasteiger partial charge in [-0.2, -0.15) is 13.2 Å². The van der Waals surface area contributed by atoms with Crippen LogP contribution in [0.25, 0.3) is 0 Å². The molecule has 0 saturated carbocycles. The van der Waals surface area contributed by atoms with E-state index < -0.39 is 24.1 Å². The molecule has 0 aliphatic heterocycles. The number of rotatable bonds is 3. The van der Waals surface area contributed by atoms with Crippen molar-refractivity contribution in [1.82, 2.24) is 5.32 Å². The molecule has 21 heavy (non-hydrogen) atoms. The highest BCUT2D eigenvalue weighted by atomic mass is 19.4. The molecule has 0 radical (unpaired) electrons. The summed E-state index contributed by atoms with van der Waals surface area (Å²) in [5, 5.41) is 12.0. The van der Waals surface area contributed by atoms with Crippen molar-refractivity contribution in [2.75, 3.05) is 0 Å². The third-order valence-corrected chi connectivity index (χ3v) is 3.82. The highest BCUT2D eigenvalue weighted by Gasteiger charge is 2.51. The summed E-state index contributed by atoms with van der Waals surface area (Å²) >= 11 is 0. The second-order valence-corrected chi connectivity index (χ2v) is 5.66. The van der Waals surface area contributed by atoms with Crippen LogP contribution in [0.15, 0.2) is 24.3 Å². The average molecular weight is 301 g/mol. The van der Waals surface area contributed by atoms with Gasteiger partial charge in [0.1, 0.15) is 0 Å². The molecular formula is C15H18F3NO2. The number of carbonyl (C=O) groups excluding carboxylic acids is 1. The molecule has 1 aromatic rings. The van der Waals surface area contributed by atoms with E-state index in [1.165, 1.54) is 0 Å². The molecule has 1 aromatic carbocycles. The monoisotopic (exact) mass is 301 g/mol. The normalized spacial score (nSPS) is 21.3. The summed E-state index contributed by atoms with van der Waals surface area (Å²) in [7, 11) is 0. The fourth-order valence-corrected chi connectivity index (χ4v) is 2.56. The lowest BCUT2D eigenvalue weighted by Crippen LogP contribution is -2.46. The smallest absolute Gasteiger partial charge is 0.380 e. The number of hydrogen-bond donors (Lipinski definition) is 2. The molecule has 0 bridgehead atoms. The Morgan fingerprint density at radius 1 is 1.38 bits per heavy atom. The zero-order valence-electron chi connectivity index (χ0n) is 11.7. The molecule has 1 amide bonds. The second kappa shape index (κ2) is 5.67. The van der Waals surface area contributed by atoms with Crippen LogP contribution in [0.2, 0.25) is 0 Å². The van der Waals surface area contributed by atoms with E-state index in [-0.39, 0.29) is 6.04 Å². The lowest BCUT2D eigenvalue weighted by molar-refractivity contribution is -0.253. The number of carbonyl (C=O) groups is 1. The molecule has 0 heterocycles. The Balaban J connectivity index is 2.05. The topological polar surface area (TPSA) is 49.3 Å². The summed E-state index contributed by atoms with van der Waals surface area (Å²) in [5.41, 5.74) is -0.953. The first-order valence-electron chi connectivity index (χ1n) is 6.87. The van der Waals surface area contributed by atoms with Crippen LogP contribution in [0.3, 0.4) is 0 Å². The van der Waals surface area contributed by atoms with Crippen LogP contribution in [0.1, 0.15) is 43.4 Å². The molecule has 0 aromatic heterocycles. The number of benzene rings is 1. The van der Waals surface area contributed by atoms with Gasteiger partial charge in [0.2, 0.25) is 5.91 Å². The summed E-state index contributed by atoms with van der Waals surface area (Å²) in [5.74, 6) is -0.793.